The Morgan fingerprint density at radius 1 is 1.15 bits per heavy atom. The lowest BCUT2D eigenvalue weighted by atomic mass is 9.78. The van der Waals surface area contributed by atoms with E-state index < -0.39 is 16.1 Å². The number of fused-ring (bicyclic) bond motifs is 5. The molecular formula is C24H23FN2O6. The minimum atomic E-state index is -0.841. The first-order valence-corrected chi connectivity index (χ1v) is 10.7. The van der Waals surface area contributed by atoms with E-state index in [1.165, 1.54) is 28.8 Å². The molecule has 9 heteroatoms. The van der Waals surface area contributed by atoms with Crippen molar-refractivity contribution in [1.29, 1.82) is 0 Å². The fourth-order valence-electron chi connectivity index (χ4n) is 5.20. The van der Waals surface area contributed by atoms with Gasteiger partial charge >= 0.3 is 0 Å². The molecule has 0 unspecified atom stereocenters. The van der Waals surface area contributed by atoms with Crippen molar-refractivity contribution in [1.82, 2.24) is 4.57 Å². The van der Waals surface area contributed by atoms with Crippen molar-refractivity contribution in [3.63, 3.8) is 0 Å². The summed E-state index contributed by atoms with van der Waals surface area (Å²) in [6, 6.07) is 10.1. The normalized spacial score (nSPS) is 23.0. The Balaban J connectivity index is 1.50. The van der Waals surface area contributed by atoms with Gasteiger partial charge in [0.05, 0.1) is 33.9 Å². The van der Waals surface area contributed by atoms with Crippen molar-refractivity contribution in [2.45, 2.75) is 44.3 Å². The molecule has 8 nitrogen and oxygen atoms in total. The van der Waals surface area contributed by atoms with Crippen molar-refractivity contribution in [2.75, 3.05) is 6.61 Å². The molecule has 33 heavy (non-hydrogen) atoms. The van der Waals surface area contributed by atoms with Gasteiger partial charge in [-0.2, -0.15) is 0 Å². The van der Waals surface area contributed by atoms with Gasteiger partial charge in [0.1, 0.15) is 17.2 Å². The molecule has 1 aromatic heterocycles. The Labute approximate surface area is 189 Å². The first-order valence-electron chi connectivity index (χ1n) is 10.7. The van der Waals surface area contributed by atoms with Crippen molar-refractivity contribution in [2.24, 2.45) is 0 Å². The van der Waals surface area contributed by atoms with E-state index in [-0.39, 0.29) is 29.9 Å². The summed E-state index contributed by atoms with van der Waals surface area (Å²) in [6.45, 7) is 3.75. The molecule has 0 spiro atoms. The van der Waals surface area contributed by atoms with Crippen LogP contribution >= 0.6 is 0 Å². The molecule has 2 aliphatic heterocycles. The summed E-state index contributed by atoms with van der Waals surface area (Å²) in [5, 5.41) is 33.5. The second-order valence-electron chi connectivity index (χ2n) is 8.84. The zero-order valence-electron chi connectivity index (χ0n) is 18.2. The summed E-state index contributed by atoms with van der Waals surface area (Å²) in [5.74, 6) is -0.113. The van der Waals surface area contributed by atoms with Gasteiger partial charge in [0, 0.05) is 18.1 Å². The van der Waals surface area contributed by atoms with Crippen LogP contribution in [0, 0.1) is 22.9 Å². The third-order valence-electron chi connectivity index (χ3n) is 6.76. The van der Waals surface area contributed by atoms with Gasteiger partial charge in [0.15, 0.2) is 0 Å². The quantitative estimate of drug-likeness (QED) is 0.403. The molecule has 3 heterocycles. The highest BCUT2D eigenvalue weighted by Gasteiger charge is 2.61. The maximum Gasteiger partial charge on any atom is 0.272 e. The highest BCUT2D eigenvalue weighted by atomic mass is 19.1. The topological polar surface area (TPSA) is 107 Å². The highest BCUT2D eigenvalue weighted by Crippen LogP contribution is 2.65. The van der Waals surface area contributed by atoms with Gasteiger partial charge in [0.2, 0.25) is 11.8 Å². The maximum atomic E-state index is 13.1. The average Bonchev–Trinajstić information content (AvgIpc) is 3.34. The lowest BCUT2D eigenvalue weighted by Crippen LogP contribution is -2.25. The Kier molecular flexibility index (Phi) is 4.65. The fourth-order valence-corrected chi connectivity index (χ4v) is 5.20. The largest absolute Gasteiger partial charge is 0.494 e. The predicted molar refractivity (Wildman–Crippen MR) is 116 cm³/mol. The summed E-state index contributed by atoms with van der Waals surface area (Å²) >= 11 is 0. The zero-order valence-corrected chi connectivity index (χ0v) is 18.2. The standard InChI is InChI=1S/C24H23FN2O6/c1-14-13-16(5-8-18(14)27(30)31)26-21(28)19-20(22(26)29)24(10-9-23(19,2)33-24)11-12-32-17-6-3-15(25)4-7-17/h3-8,13,28-29H,9-12H2,1-2H3/t23-,24-/m1/s1. The van der Waals surface area contributed by atoms with Crippen molar-refractivity contribution >= 4 is 5.69 Å². The van der Waals surface area contributed by atoms with Gasteiger partial charge in [0.25, 0.3) is 5.69 Å². The minimum Gasteiger partial charge on any atom is -0.494 e. The van der Waals surface area contributed by atoms with E-state index in [0.29, 0.717) is 47.4 Å². The van der Waals surface area contributed by atoms with Gasteiger partial charge in [-0.3, -0.25) is 14.7 Å². The van der Waals surface area contributed by atoms with Crippen LogP contribution in [0.5, 0.6) is 17.5 Å². The molecule has 0 radical (unpaired) electrons. The number of nitro benzene ring substituents is 1. The Hall–Kier alpha value is -3.59. The predicted octanol–water partition coefficient (Wildman–Crippen LogP) is 4.95. The van der Waals surface area contributed by atoms with E-state index >= 15 is 0 Å². The molecule has 172 valence electrons. The van der Waals surface area contributed by atoms with Crippen LogP contribution in [0.25, 0.3) is 5.69 Å². The minimum absolute atomic E-state index is 0.0396. The van der Waals surface area contributed by atoms with Gasteiger partial charge in [-0.15, -0.1) is 0 Å². The van der Waals surface area contributed by atoms with Crippen LogP contribution in [0.4, 0.5) is 10.1 Å². The monoisotopic (exact) mass is 454 g/mol. The van der Waals surface area contributed by atoms with Crippen LogP contribution in [0.2, 0.25) is 0 Å². The van der Waals surface area contributed by atoms with Crippen molar-refractivity contribution in [3.05, 3.63) is 75.1 Å². The van der Waals surface area contributed by atoms with Crippen LogP contribution in [-0.4, -0.2) is 26.3 Å². The van der Waals surface area contributed by atoms with Crippen LogP contribution in [0.15, 0.2) is 42.5 Å². The number of ether oxygens (including phenoxy) is 2. The van der Waals surface area contributed by atoms with E-state index in [9.17, 15) is 24.7 Å². The van der Waals surface area contributed by atoms with E-state index in [1.807, 2.05) is 6.92 Å². The average molecular weight is 454 g/mol. The molecule has 2 aromatic carbocycles. The van der Waals surface area contributed by atoms with E-state index in [2.05, 4.69) is 0 Å². The number of benzene rings is 2. The van der Waals surface area contributed by atoms with E-state index in [4.69, 9.17) is 9.47 Å². The van der Waals surface area contributed by atoms with E-state index in [0.717, 1.165) is 0 Å². The van der Waals surface area contributed by atoms with E-state index in [1.54, 1.807) is 25.1 Å². The van der Waals surface area contributed by atoms with Crippen LogP contribution < -0.4 is 4.74 Å². The number of hydrogen-bond acceptors (Lipinski definition) is 6. The van der Waals surface area contributed by atoms with Crippen LogP contribution in [-0.2, 0) is 15.9 Å². The van der Waals surface area contributed by atoms with Gasteiger partial charge in [-0.1, -0.05) is 0 Å². The number of aromatic hydroxyl groups is 2. The SMILES string of the molecule is Cc1cc(-n2c(O)c3c(c2O)[C@@]2(C)CC[C@]3(CCOc3ccc(F)cc3)O2)ccc1[N+](=O)[O-]. The number of nitro groups is 1. The highest BCUT2D eigenvalue weighted by molar-refractivity contribution is 5.62. The lowest BCUT2D eigenvalue weighted by molar-refractivity contribution is -0.385. The van der Waals surface area contributed by atoms with Crippen LogP contribution in [0.3, 0.4) is 0 Å². The fraction of sp³-hybridized carbons (Fsp3) is 0.333. The van der Waals surface area contributed by atoms with Gasteiger partial charge in [-0.25, -0.2) is 4.39 Å². The molecular weight excluding hydrogens is 431 g/mol. The van der Waals surface area contributed by atoms with Crippen molar-refractivity contribution in [3.8, 4) is 23.2 Å². The molecule has 5 rings (SSSR count). The first-order chi connectivity index (χ1) is 15.7. The maximum absolute atomic E-state index is 13.1. The van der Waals surface area contributed by atoms with Gasteiger partial charge < -0.3 is 19.7 Å². The number of hydrogen-bond donors (Lipinski definition) is 2. The van der Waals surface area contributed by atoms with Gasteiger partial charge in [-0.05, 0) is 63.1 Å². The molecule has 2 N–H and O–H groups in total. The summed E-state index contributed by atoms with van der Waals surface area (Å²) in [5.41, 5.74) is 0.237. The molecule has 0 amide bonds. The molecule has 1 saturated heterocycles. The Morgan fingerprint density at radius 3 is 2.52 bits per heavy atom. The first kappa shape index (κ1) is 21.3. The number of nitrogens with zero attached hydrogens (tertiary/aromatic N) is 2. The number of halogens is 1. The third kappa shape index (κ3) is 3.14. The second-order valence-corrected chi connectivity index (χ2v) is 8.84. The second kappa shape index (κ2) is 7.21. The molecule has 0 saturated carbocycles. The van der Waals surface area contributed by atoms with Crippen molar-refractivity contribution < 1.29 is 29.0 Å². The Morgan fingerprint density at radius 2 is 1.85 bits per heavy atom. The number of aromatic nitrogens is 1. The molecule has 2 aliphatic rings. The Bertz CT molecular complexity index is 1270. The molecule has 2 atom stereocenters. The summed E-state index contributed by atoms with van der Waals surface area (Å²) in [4.78, 5) is 10.7. The smallest absolute Gasteiger partial charge is 0.272 e. The molecule has 2 bridgehead atoms. The van der Waals surface area contributed by atoms with Crippen LogP contribution in [0.1, 0.15) is 42.9 Å². The molecule has 1 fully saturated rings. The summed E-state index contributed by atoms with van der Waals surface area (Å²) < 4.78 is 26.6. The number of rotatable bonds is 6. The summed E-state index contributed by atoms with van der Waals surface area (Å²) in [6.07, 6.45) is 1.72. The zero-order chi connectivity index (χ0) is 23.5. The summed E-state index contributed by atoms with van der Waals surface area (Å²) in [7, 11) is 0. The molecule has 3 aromatic rings. The lowest BCUT2D eigenvalue weighted by Gasteiger charge is -2.26. The third-order valence-corrected chi connectivity index (χ3v) is 6.76. The number of aryl methyl sites for hydroxylation is 1. The molecule has 0 aliphatic carbocycles.